The molecule has 7 amide bonds. The molecule has 0 aromatic rings. The minimum atomic E-state index is -1.42. The van der Waals surface area contributed by atoms with Crippen LogP contribution in [-0.2, 0) is 91.1 Å². The fraction of sp³-hybridized carbons (Fsp3) is 0.736. The molecule has 0 aliphatic carbocycles. The average molecular weight is 1710 g/mol. The van der Waals surface area contributed by atoms with E-state index >= 15 is 0 Å². The van der Waals surface area contributed by atoms with Gasteiger partial charge >= 0.3 is 71.6 Å². The summed E-state index contributed by atoms with van der Waals surface area (Å²) in [6.45, 7) is -15.8. The van der Waals surface area contributed by atoms with E-state index in [1.54, 1.807) is 0 Å². The Morgan fingerprint density at radius 2 is 0.387 bits per heavy atom. The summed E-state index contributed by atoms with van der Waals surface area (Å²) in [4.78, 5) is 255. The first-order valence-electron chi connectivity index (χ1n) is 39.2. The summed E-state index contributed by atoms with van der Waals surface area (Å²) >= 11 is 0. The van der Waals surface area contributed by atoms with Crippen molar-refractivity contribution in [3.8, 4) is 0 Å². The number of imide groups is 3. The maximum Gasteiger partial charge on any atom is 0.317 e. The lowest BCUT2D eigenvalue weighted by Gasteiger charge is -2.34. The molecule has 1 aliphatic heterocycles. The van der Waals surface area contributed by atoms with E-state index in [2.05, 4.69) is 22.9 Å². The predicted octanol–water partition coefficient (Wildman–Crippen LogP) is -6.12. The molecular weight excluding hydrogens is 1580 g/mol. The van der Waals surface area contributed by atoms with Crippen molar-refractivity contribution in [3.63, 3.8) is 0 Å². The summed E-state index contributed by atoms with van der Waals surface area (Å²) in [5.41, 5.74) is 0. The number of aliphatic carboxylic acids is 12. The van der Waals surface area contributed by atoms with Crippen molar-refractivity contribution in [1.82, 2.24) is 79.6 Å². The molecule has 15 N–H and O–H groups in total. The van der Waals surface area contributed by atoms with E-state index in [0.717, 1.165) is 74.3 Å². The molecule has 0 aromatic carbocycles. The van der Waals surface area contributed by atoms with Gasteiger partial charge in [-0.15, -0.1) is 0 Å². The Morgan fingerprint density at radius 3 is 0.571 bits per heavy atom. The van der Waals surface area contributed by atoms with E-state index in [1.807, 2.05) is 0 Å². The predicted molar refractivity (Wildman–Crippen MR) is 415 cm³/mol. The van der Waals surface area contributed by atoms with Gasteiger partial charge in [0.25, 0.3) is 0 Å². The number of unbranched alkanes of at least 4 members (excludes halogenated alkanes) is 12. The molecule has 0 radical (unpaired) electrons. The van der Waals surface area contributed by atoms with Crippen LogP contribution < -0.4 is 16.0 Å². The fourth-order valence-corrected chi connectivity index (χ4v) is 12.7. The number of rotatable bonds is 68. The standard InChI is InChI=1S/C72H122N16O31/c1-2-3-4-5-6-7-8-9-10-11-12-13-14-15-60(95)88-34-32-80(40-58(93)74-56(91)38-78(22-28-84(46-65(104)105)47-66(106)107)23-29-85(48-67(108)109)49-68(110)111)18-16-76(36-54(89)73-55(90)37-77(20-26-82(42-61(96)97)43-62(98)99)21-27-83(44-63(100)101)45-64(102)103)17-19-81(33-35-88)41-59(94)75-57(92)39-79(24-30-86(50-69(112)113)51-70(114)115)25-31-87(52-71(116)117)53-72(118)119/h2-53H2,1H3,(H,96,97)(H,98,99)(H,100,101)(H,102,103)(H,104,105)(H,106,107)(H,108,109)(H,110,111)(H,112,113)(H,114,115)(H,116,117)(H,118,119)(H,73,89,90)(H,74,91,93)(H,75,92,94). The molecule has 0 unspecified atom stereocenters. The summed E-state index contributed by atoms with van der Waals surface area (Å²) in [5.74, 6) is -23.1. The highest BCUT2D eigenvalue weighted by Gasteiger charge is 2.29. The topological polar surface area (TPSA) is 645 Å². The Kier molecular flexibility index (Phi) is 56.0. The fourth-order valence-electron chi connectivity index (χ4n) is 12.7. The first-order chi connectivity index (χ1) is 56.2. The second kappa shape index (κ2) is 62.2. The molecule has 0 atom stereocenters. The van der Waals surface area contributed by atoms with Crippen molar-refractivity contribution >= 4 is 113 Å². The van der Waals surface area contributed by atoms with Gasteiger partial charge in [-0.05, 0) is 6.42 Å². The van der Waals surface area contributed by atoms with Crippen LogP contribution in [0.3, 0.4) is 0 Å². The molecule has 47 nitrogen and oxygen atoms in total. The number of carbonyl (C=O) groups is 19. The average Bonchev–Trinajstić information content (AvgIpc) is 0.882. The Labute approximate surface area is 688 Å². The third kappa shape index (κ3) is 59.4. The van der Waals surface area contributed by atoms with Crippen LogP contribution >= 0.6 is 0 Å². The van der Waals surface area contributed by atoms with Gasteiger partial charge in [0.2, 0.25) is 41.4 Å². The van der Waals surface area contributed by atoms with Crippen LogP contribution in [0.1, 0.15) is 96.8 Å². The highest BCUT2D eigenvalue weighted by Crippen LogP contribution is 2.15. The van der Waals surface area contributed by atoms with Gasteiger partial charge in [-0.25, -0.2) is 0 Å². The molecule has 119 heavy (non-hydrogen) atoms. The molecule has 676 valence electrons. The van der Waals surface area contributed by atoms with Gasteiger partial charge in [0, 0.05) is 137 Å². The first-order valence-corrected chi connectivity index (χ1v) is 39.2. The maximum absolute atomic E-state index is 14.5. The molecule has 0 bridgehead atoms. The second-order valence-electron chi connectivity index (χ2n) is 28.9. The van der Waals surface area contributed by atoms with E-state index in [0.29, 0.717) is 12.8 Å². The van der Waals surface area contributed by atoms with Gasteiger partial charge in [0.15, 0.2) is 0 Å². The number of hydrogen-bond donors (Lipinski definition) is 15. The summed E-state index contributed by atoms with van der Waals surface area (Å²) in [5, 5.41) is 121. The minimum Gasteiger partial charge on any atom is -0.480 e. The van der Waals surface area contributed by atoms with Crippen molar-refractivity contribution in [2.45, 2.75) is 96.8 Å². The van der Waals surface area contributed by atoms with E-state index in [4.69, 9.17) is 0 Å². The zero-order chi connectivity index (χ0) is 89.4. The van der Waals surface area contributed by atoms with Crippen molar-refractivity contribution in [2.75, 3.05) is 249 Å². The van der Waals surface area contributed by atoms with Crippen molar-refractivity contribution in [3.05, 3.63) is 0 Å². The summed E-state index contributed by atoms with van der Waals surface area (Å²) in [6.07, 6.45) is 13.3. The summed E-state index contributed by atoms with van der Waals surface area (Å²) in [7, 11) is 0. The zero-order valence-electron chi connectivity index (χ0n) is 67.7. The van der Waals surface area contributed by atoms with Crippen molar-refractivity contribution in [2.24, 2.45) is 0 Å². The van der Waals surface area contributed by atoms with Crippen LogP contribution in [-0.4, -0.2) is 487 Å². The number of nitrogens with one attached hydrogen (secondary N) is 3. The molecule has 1 heterocycles. The van der Waals surface area contributed by atoms with Gasteiger partial charge < -0.3 is 66.2 Å². The molecule has 1 aliphatic rings. The molecule has 47 heteroatoms. The summed E-state index contributed by atoms with van der Waals surface area (Å²) in [6, 6.07) is 0. The minimum absolute atomic E-state index is 0.0549. The lowest BCUT2D eigenvalue weighted by molar-refractivity contribution is -0.144. The quantitative estimate of drug-likeness (QED) is 0.0252. The zero-order valence-corrected chi connectivity index (χ0v) is 67.7. The number of hydrogen-bond acceptors (Lipinski definition) is 31. The lowest BCUT2D eigenvalue weighted by Crippen LogP contribution is -2.53. The molecule has 1 saturated heterocycles. The lowest BCUT2D eigenvalue weighted by atomic mass is 10.0. The number of carboxylic acids is 12. The van der Waals surface area contributed by atoms with Gasteiger partial charge in [-0.3, -0.25) is 166 Å². The molecule has 0 saturated carbocycles. The van der Waals surface area contributed by atoms with Gasteiger partial charge in [-0.1, -0.05) is 84.0 Å². The smallest absolute Gasteiger partial charge is 0.317 e. The molecule has 1 rings (SSSR count). The number of nitrogens with zero attached hydrogens (tertiary/aromatic N) is 13. The molecule has 0 spiro atoms. The van der Waals surface area contributed by atoms with E-state index < -0.39 is 225 Å². The van der Waals surface area contributed by atoms with Crippen molar-refractivity contribution < 1.29 is 152 Å². The Hall–Kier alpha value is -9.95. The molecular formula is C72H122N16O31. The Balaban J connectivity index is 4.04. The SMILES string of the molecule is CCCCCCCCCCCCCCCC(=O)N1CCN(CC(=O)NC(=O)CN(CCN(CC(=O)O)CC(=O)O)CCN(CC(=O)O)CC(=O)O)CCN(CC(=O)NC(=O)CN(CCN(CC(=O)O)CC(=O)O)CCN(CC(=O)O)CC(=O)O)CCN(CC(=O)NC(=O)CN(CCN(CC(=O)O)CC(=O)O)CCN(CC(=O)O)CC(=O)O)CC1. The maximum atomic E-state index is 14.5. The number of amides is 7. The third-order valence-corrected chi connectivity index (χ3v) is 18.4. The monoisotopic (exact) mass is 1710 g/mol. The van der Waals surface area contributed by atoms with E-state index in [-0.39, 0.29) is 143 Å². The van der Waals surface area contributed by atoms with E-state index in [9.17, 15) is 152 Å². The number of carbonyl (C=O) groups excluding carboxylic acids is 7. The van der Waals surface area contributed by atoms with E-state index in [1.165, 1.54) is 60.0 Å². The largest absolute Gasteiger partial charge is 0.480 e. The van der Waals surface area contributed by atoms with Crippen LogP contribution in [0.2, 0.25) is 0 Å². The normalized spacial score (nSPS) is 13.4. The Bertz CT molecular complexity index is 2940. The first kappa shape index (κ1) is 107. The van der Waals surface area contributed by atoms with Crippen LogP contribution in [0.4, 0.5) is 0 Å². The highest BCUT2D eigenvalue weighted by molar-refractivity contribution is 5.98. The Morgan fingerprint density at radius 1 is 0.218 bits per heavy atom. The highest BCUT2D eigenvalue weighted by atomic mass is 16.4. The molecule has 0 aromatic heterocycles. The van der Waals surface area contributed by atoms with Crippen LogP contribution in [0.15, 0.2) is 0 Å². The number of carboxylic acid groups (broad SMARTS) is 12. The van der Waals surface area contributed by atoms with Crippen molar-refractivity contribution in [1.29, 1.82) is 0 Å². The van der Waals surface area contributed by atoms with Crippen LogP contribution in [0, 0.1) is 0 Å². The third-order valence-electron chi connectivity index (χ3n) is 18.4. The summed E-state index contributed by atoms with van der Waals surface area (Å²) < 4.78 is 0. The second-order valence-corrected chi connectivity index (χ2v) is 28.9. The van der Waals surface area contributed by atoms with Gasteiger partial charge in [-0.2, -0.15) is 0 Å². The van der Waals surface area contributed by atoms with Crippen LogP contribution in [0.5, 0.6) is 0 Å². The van der Waals surface area contributed by atoms with Gasteiger partial charge in [0.05, 0.1) is 118 Å². The van der Waals surface area contributed by atoms with Crippen LogP contribution in [0.25, 0.3) is 0 Å². The van der Waals surface area contributed by atoms with Gasteiger partial charge in [0.1, 0.15) is 0 Å². The molecule has 1 fully saturated rings.